The first kappa shape index (κ1) is 23.1. The molecule has 0 aliphatic heterocycles. The molecule has 2 N–H and O–H groups in total. The molecule has 0 aliphatic carbocycles. The van der Waals surface area contributed by atoms with Crippen LogP contribution in [0.25, 0.3) is 0 Å². The van der Waals surface area contributed by atoms with Crippen LogP contribution in [0.5, 0.6) is 0 Å². The molecule has 0 aromatic rings. The van der Waals surface area contributed by atoms with Gasteiger partial charge in [0.2, 0.25) is 0 Å². The van der Waals surface area contributed by atoms with E-state index in [9.17, 15) is 4.79 Å². The summed E-state index contributed by atoms with van der Waals surface area (Å²) in [7, 11) is 0. The first-order chi connectivity index (χ1) is 12.2. The van der Waals surface area contributed by atoms with E-state index < -0.39 is 5.97 Å². The molecule has 5 heteroatoms. The second-order valence-corrected chi connectivity index (χ2v) is 5.71. The molecule has 0 bridgehead atoms. The lowest BCUT2D eigenvalue weighted by molar-refractivity contribution is -0.473. The van der Waals surface area contributed by atoms with Gasteiger partial charge in [-0.15, -0.1) is 0 Å². The molecule has 0 aromatic heterocycles. The maximum atomic E-state index is 10.3. The molecule has 0 heterocycles. The van der Waals surface area contributed by atoms with Gasteiger partial charge in [-0.05, 0) is 49.6 Å². The molecule has 142 valence electrons. The Morgan fingerprint density at radius 1 is 0.920 bits per heavy atom. The highest BCUT2D eigenvalue weighted by Gasteiger charge is 1.99. The molecule has 0 atom stereocenters. The number of carbonyl (C=O) groups is 1. The molecule has 0 radical (unpaired) electrons. The van der Waals surface area contributed by atoms with Crippen molar-refractivity contribution in [2.24, 2.45) is 0 Å². The zero-order valence-corrected chi connectivity index (χ0v) is 15.2. The van der Waals surface area contributed by atoms with Gasteiger partial charge < -0.3 is 9.99 Å². The van der Waals surface area contributed by atoms with Crippen molar-refractivity contribution in [3.63, 3.8) is 0 Å². The van der Waals surface area contributed by atoms with Gasteiger partial charge in [0, 0.05) is 12.8 Å². The van der Waals surface area contributed by atoms with Crippen LogP contribution in [0.1, 0.15) is 71.1 Å². The van der Waals surface area contributed by atoms with Crippen LogP contribution in [0, 0.1) is 0 Å². The maximum Gasteiger partial charge on any atom is 0.303 e. The van der Waals surface area contributed by atoms with Gasteiger partial charge in [0.25, 0.3) is 0 Å². The van der Waals surface area contributed by atoms with Gasteiger partial charge in [0.15, 0.2) is 0 Å². The molecule has 0 aliphatic rings. The number of carboxylic acids is 1. The average molecular weight is 352 g/mol. The van der Waals surface area contributed by atoms with Gasteiger partial charge in [-0.3, -0.25) is 4.79 Å². The Morgan fingerprint density at radius 3 is 2.44 bits per heavy atom. The van der Waals surface area contributed by atoms with E-state index in [0.29, 0.717) is 12.2 Å². The summed E-state index contributed by atoms with van der Waals surface area (Å²) >= 11 is 0. The average Bonchev–Trinajstić information content (AvgIpc) is 2.58. The van der Waals surface area contributed by atoms with Gasteiger partial charge in [-0.25, -0.2) is 5.26 Å². The lowest BCUT2D eigenvalue weighted by atomic mass is 10.1. The predicted octanol–water partition coefficient (Wildman–Crippen LogP) is 5.97. The van der Waals surface area contributed by atoms with Crippen LogP contribution in [0.4, 0.5) is 0 Å². The molecule has 0 aromatic carbocycles. The van der Waals surface area contributed by atoms with E-state index in [1.807, 2.05) is 30.4 Å². The number of carboxylic acid groups (broad SMARTS) is 1. The molecule has 0 rings (SSSR count). The number of unbranched alkanes of at least 4 members (excludes halogenated alkanes) is 4. The summed E-state index contributed by atoms with van der Waals surface area (Å²) in [6.45, 7) is 2.14. The fourth-order valence-electron chi connectivity index (χ4n) is 2.11. The SMILES string of the molecule is CCCCC/C(=C/CC/C=C/C=C\C/C=C\CCCC(=O)O)OOO. The van der Waals surface area contributed by atoms with Gasteiger partial charge in [-0.1, -0.05) is 56.2 Å². The maximum absolute atomic E-state index is 10.3. The van der Waals surface area contributed by atoms with E-state index in [0.717, 1.165) is 51.4 Å². The standard InChI is InChI=1S/C20H32O5/c1-2-3-13-16-19(24-25-23)17-14-11-9-7-5-4-6-8-10-12-15-18-20(21)22/h4-5,7-10,17,23H,2-3,6,11-16,18H2,1H3,(H,21,22)/b5-4-,9-7+,10-8-,19-17-. The molecular weight excluding hydrogens is 320 g/mol. The normalized spacial score (nSPS) is 12.6. The third-order valence-electron chi connectivity index (χ3n) is 3.46. The lowest BCUT2D eigenvalue weighted by Crippen LogP contribution is -1.92. The number of rotatable bonds is 16. The largest absolute Gasteiger partial charge is 0.481 e. The fourth-order valence-corrected chi connectivity index (χ4v) is 2.11. The molecule has 5 nitrogen and oxygen atoms in total. The summed E-state index contributed by atoms with van der Waals surface area (Å²) in [6, 6.07) is 0. The summed E-state index contributed by atoms with van der Waals surface area (Å²) in [4.78, 5) is 15.1. The fraction of sp³-hybridized carbons (Fsp3) is 0.550. The summed E-state index contributed by atoms with van der Waals surface area (Å²) in [5, 5.41) is 20.7. The van der Waals surface area contributed by atoms with Gasteiger partial charge in [0.05, 0.1) is 0 Å². The van der Waals surface area contributed by atoms with Crippen molar-refractivity contribution in [1.82, 2.24) is 0 Å². The van der Waals surface area contributed by atoms with Crippen LogP contribution in [0.2, 0.25) is 0 Å². The van der Waals surface area contributed by atoms with E-state index in [4.69, 9.17) is 15.3 Å². The zero-order valence-electron chi connectivity index (χ0n) is 15.2. The van der Waals surface area contributed by atoms with E-state index >= 15 is 0 Å². The minimum absolute atomic E-state index is 0.229. The Kier molecular flexibility index (Phi) is 17.1. The smallest absolute Gasteiger partial charge is 0.303 e. The van der Waals surface area contributed by atoms with Crippen molar-refractivity contribution >= 4 is 5.97 Å². The van der Waals surface area contributed by atoms with Crippen molar-refractivity contribution in [3.8, 4) is 0 Å². The van der Waals surface area contributed by atoms with Crippen molar-refractivity contribution in [1.29, 1.82) is 0 Å². The van der Waals surface area contributed by atoms with Gasteiger partial charge in [0.1, 0.15) is 5.76 Å². The summed E-state index contributed by atoms with van der Waals surface area (Å²) in [5.74, 6) is -0.0651. The quantitative estimate of drug-likeness (QED) is 0.0894. The van der Waals surface area contributed by atoms with Crippen LogP contribution in [-0.4, -0.2) is 16.3 Å². The molecule has 0 amide bonds. The topological polar surface area (TPSA) is 76.0 Å². The number of aliphatic carboxylic acids is 1. The Morgan fingerprint density at radius 2 is 1.72 bits per heavy atom. The highest BCUT2D eigenvalue weighted by molar-refractivity contribution is 5.66. The Hall–Kier alpha value is -1.85. The summed E-state index contributed by atoms with van der Waals surface area (Å²) in [5.41, 5.74) is 0. The monoisotopic (exact) mass is 352 g/mol. The van der Waals surface area contributed by atoms with E-state index in [1.54, 1.807) is 0 Å². The number of hydrogen-bond acceptors (Lipinski definition) is 4. The Bertz CT molecular complexity index is 435. The van der Waals surface area contributed by atoms with Crippen LogP contribution in [-0.2, 0) is 14.7 Å². The third-order valence-corrected chi connectivity index (χ3v) is 3.46. The first-order valence-corrected chi connectivity index (χ1v) is 9.06. The summed E-state index contributed by atoms with van der Waals surface area (Å²) < 4.78 is 0. The highest BCUT2D eigenvalue weighted by atomic mass is 17.5. The first-order valence-electron chi connectivity index (χ1n) is 9.06. The van der Waals surface area contributed by atoms with Crippen molar-refractivity contribution < 1.29 is 25.1 Å². The minimum Gasteiger partial charge on any atom is -0.481 e. The van der Waals surface area contributed by atoms with E-state index in [-0.39, 0.29) is 6.42 Å². The predicted molar refractivity (Wildman–Crippen MR) is 99.8 cm³/mol. The van der Waals surface area contributed by atoms with Gasteiger partial charge >= 0.3 is 5.97 Å². The van der Waals surface area contributed by atoms with Crippen molar-refractivity contribution in [2.45, 2.75) is 71.1 Å². The van der Waals surface area contributed by atoms with E-state index in [1.165, 1.54) is 0 Å². The molecule has 0 unspecified atom stereocenters. The Balaban J connectivity index is 3.78. The highest BCUT2D eigenvalue weighted by Crippen LogP contribution is 2.12. The van der Waals surface area contributed by atoms with Crippen LogP contribution in [0.15, 0.2) is 48.3 Å². The summed E-state index contributed by atoms with van der Waals surface area (Å²) in [6.07, 6.45) is 22.5. The number of allylic oxidation sites excluding steroid dienone is 8. The Labute approximate surface area is 151 Å². The third kappa shape index (κ3) is 18.3. The van der Waals surface area contributed by atoms with Crippen molar-refractivity contribution in [3.05, 3.63) is 48.3 Å². The second-order valence-electron chi connectivity index (χ2n) is 5.71. The van der Waals surface area contributed by atoms with Gasteiger partial charge in [-0.2, -0.15) is 0 Å². The molecule has 0 saturated carbocycles. The van der Waals surface area contributed by atoms with E-state index in [2.05, 4.69) is 24.1 Å². The van der Waals surface area contributed by atoms with Crippen molar-refractivity contribution in [2.75, 3.05) is 0 Å². The van der Waals surface area contributed by atoms with Crippen LogP contribution in [0.3, 0.4) is 0 Å². The lowest BCUT2D eigenvalue weighted by Gasteiger charge is -2.04. The number of hydrogen-bond donors (Lipinski definition) is 2. The molecule has 0 saturated heterocycles. The van der Waals surface area contributed by atoms with Crippen LogP contribution >= 0.6 is 0 Å². The minimum atomic E-state index is -0.739. The zero-order chi connectivity index (χ0) is 18.6. The van der Waals surface area contributed by atoms with Crippen LogP contribution < -0.4 is 0 Å². The molecule has 0 spiro atoms. The second kappa shape index (κ2) is 18.5. The molecular formula is C20H32O5. The molecule has 0 fully saturated rings. The molecule has 25 heavy (non-hydrogen) atoms.